The quantitative estimate of drug-likeness (QED) is 0.895. The summed E-state index contributed by atoms with van der Waals surface area (Å²) in [6, 6.07) is 9.48. The molecule has 0 fully saturated rings. The lowest BCUT2D eigenvalue weighted by Crippen LogP contribution is -2.23. The Morgan fingerprint density at radius 2 is 2.15 bits per heavy atom. The summed E-state index contributed by atoms with van der Waals surface area (Å²) in [5, 5.41) is 2.91. The Morgan fingerprint density at radius 3 is 2.90 bits per heavy atom. The maximum absolute atomic E-state index is 12.1. The van der Waals surface area contributed by atoms with Gasteiger partial charge < -0.3 is 11.1 Å². The van der Waals surface area contributed by atoms with Crippen LogP contribution in [0.1, 0.15) is 38.8 Å². The summed E-state index contributed by atoms with van der Waals surface area (Å²) in [5.41, 5.74) is 9.06. The Labute approximate surface area is 126 Å². The predicted octanol–water partition coefficient (Wildman–Crippen LogP) is 3.13. The molecule has 0 aliphatic carbocycles. The summed E-state index contributed by atoms with van der Waals surface area (Å²) in [6.07, 6.45) is 1.90. The molecule has 2 heterocycles. The molecule has 0 saturated carbocycles. The maximum Gasteiger partial charge on any atom is 0.251 e. The van der Waals surface area contributed by atoms with Gasteiger partial charge in [-0.2, -0.15) is 0 Å². The number of benzene rings is 1. The van der Waals surface area contributed by atoms with Gasteiger partial charge in [-0.1, -0.05) is 23.7 Å². The molecule has 1 aromatic heterocycles. The molecule has 1 amide bonds. The van der Waals surface area contributed by atoms with Gasteiger partial charge in [0, 0.05) is 17.0 Å². The van der Waals surface area contributed by atoms with Gasteiger partial charge >= 0.3 is 0 Å². The molecule has 1 aromatic carbocycles. The van der Waals surface area contributed by atoms with Crippen LogP contribution in [0.25, 0.3) is 0 Å². The van der Waals surface area contributed by atoms with Crippen LogP contribution in [0, 0.1) is 0 Å². The third kappa shape index (κ3) is 2.59. The van der Waals surface area contributed by atoms with Crippen molar-refractivity contribution in [2.75, 3.05) is 6.54 Å². The van der Waals surface area contributed by atoms with Crippen molar-refractivity contribution < 1.29 is 4.79 Å². The number of nitrogens with one attached hydrogen (secondary N) is 1. The first kappa shape index (κ1) is 13.6. The van der Waals surface area contributed by atoms with Crippen molar-refractivity contribution in [1.82, 2.24) is 5.32 Å². The van der Waals surface area contributed by atoms with E-state index in [2.05, 4.69) is 5.32 Å². The molecular formula is C15H15ClN2OS. The summed E-state index contributed by atoms with van der Waals surface area (Å²) in [6.45, 7) is 0.732. The van der Waals surface area contributed by atoms with Crippen molar-refractivity contribution in [3.05, 3.63) is 56.2 Å². The van der Waals surface area contributed by atoms with Crippen molar-refractivity contribution in [1.29, 1.82) is 0 Å². The van der Waals surface area contributed by atoms with Gasteiger partial charge in [-0.25, -0.2) is 0 Å². The highest BCUT2D eigenvalue weighted by molar-refractivity contribution is 7.16. The van der Waals surface area contributed by atoms with Crippen LogP contribution in [0.2, 0.25) is 4.34 Å². The number of rotatable bonds is 2. The van der Waals surface area contributed by atoms with Crippen molar-refractivity contribution in [3.63, 3.8) is 0 Å². The Bertz CT molecular complexity index is 653. The second kappa shape index (κ2) is 5.56. The zero-order valence-corrected chi connectivity index (χ0v) is 12.4. The van der Waals surface area contributed by atoms with Gasteiger partial charge in [0.05, 0.1) is 10.4 Å². The van der Waals surface area contributed by atoms with Crippen molar-refractivity contribution in [2.45, 2.75) is 18.9 Å². The SMILES string of the molecule is NC(c1ccc2c(c1)C(=O)NCCC2)c1ccc(Cl)s1. The van der Waals surface area contributed by atoms with Crippen LogP contribution in [0.5, 0.6) is 0 Å². The first-order chi connectivity index (χ1) is 9.65. The molecule has 3 nitrogen and oxygen atoms in total. The Hall–Kier alpha value is -1.36. The van der Waals surface area contributed by atoms with Gasteiger partial charge in [0.2, 0.25) is 0 Å². The highest BCUT2D eigenvalue weighted by atomic mass is 35.5. The van der Waals surface area contributed by atoms with E-state index in [1.165, 1.54) is 11.3 Å². The summed E-state index contributed by atoms with van der Waals surface area (Å²) in [5.74, 6) is -0.00392. The van der Waals surface area contributed by atoms with Crippen LogP contribution >= 0.6 is 22.9 Å². The number of amides is 1. The number of fused-ring (bicyclic) bond motifs is 1. The van der Waals surface area contributed by atoms with E-state index >= 15 is 0 Å². The maximum atomic E-state index is 12.1. The van der Waals surface area contributed by atoms with E-state index in [0.717, 1.165) is 45.3 Å². The molecule has 1 aliphatic rings. The van der Waals surface area contributed by atoms with Crippen LogP contribution in [0.3, 0.4) is 0 Å². The fraction of sp³-hybridized carbons (Fsp3) is 0.267. The van der Waals surface area contributed by atoms with Gasteiger partial charge in [-0.3, -0.25) is 4.79 Å². The first-order valence-corrected chi connectivity index (χ1v) is 7.76. The standard InChI is InChI=1S/C15H15ClN2OS/c16-13-6-5-12(20-13)14(17)10-4-3-9-2-1-7-18-15(19)11(9)8-10/h3-6,8,14H,1-2,7,17H2,(H,18,19). The molecule has 0 spiro atoms. The zero-order chi connectivity index (χ0) is 14.1. The second-order valence-corrected chi connectivity index (χ2v) is 6.64. The molecule has 1 unspecified atom stereocenters. The average Bonchev–Trinajstić information content (AvgIpc) is 2.80. The molecule has 0 radical (unpaired) electrons. The molecule has 3 N–H and O–H groups in total. The molecule has 0 bridgehead atoms. The minimum Gasteiger partial charge on any atom is -0.352 e. The van der Waals surface area contributed by atoms with E-state index in [1.807, 2.05) is 30.3 Å². The molecule has 104 valence electrons. The monoisotopic (exact) mass is 306 g/mol. The smallest absolute Gasteiger partial charge is 0.251 e. The zero-order valence-electron chi connectivity index (χ0n) is 10.9. The molecule has 1 aliphatic heterocycles. The number of carbonyl (C=O) groups excluding carboxylic acids is 1. The number of hydrogen-bond donors (Lipinski definition) is 2. The third-order valence-electron chi connectivity index (χ3n) is 3.55. The Kier molecular flexibility index (Phi) is 3.78. The van der Waals surface area contributed by atoms with Crippen LogP contribution in [-0.2, 0) is 6.42 Å². The number of aryl methyl sites for hydroxylation is 1. The van der Waals surface area contributed by atoms with Crippen LogP contribution in [-0.4, -0.2) is 12.5 Å². The largest absolute Gasteiger partial charge is 0.352 e. The fourth-order valence-electron chi connectivity index (χ4n) is 2.45. The van der Waals surface area contributed by atoms with Crippen LogP contribution in [0.4, 0.5) is 0 Å². The summed E-state index contributed by atoms with van der Waals surface area (Å²) in [7, 11) is 0. The van der Waals surface area contributed by atoms with Crippen LogP contribution < -0.4 is 11.1 Å². The molecule has 1 atom stereocenters. The number of nitrogens with two attached hydrogens (primary N) is 1. The number of thiophene rings is 1. The predicted molar refractivity (Wildman–Crippen MR) is 82.5 cm³/mol. The lowest BCUT2D eigenvalue weighted by Gasteiger charge is -2.13. The Morgan fingerprint density at radius 1 is 1.30 bits per heavy atom. The van der Waals surface area contributed by atoms with Crippen molar-refractivity contribution in [3.8, 4) is 0 Å². The van der Waals surface area contributed by atoms with Crippen LogP contribution in [0.15, 0.2) is 30.3 Å². The third-order valence-corrected chi connectivity index (χ3v) is 4.86. The molecular weight excluding hydrogens is 292 g/mol. The van der Waals surface area contributed by atoms with E-state index in [1.54, 1.807) is 0 Å². The Balaban J connectivity index is 1.97. The highest BCUT2D eigenvalue weighted by Crippen LogP contribution is 2.30. The molecule has 5 heteroatoms. The minimum absolute atomic E-state index is 0.00392. The van der Waals surface area contributed by atoms with Gasteiger partial charge in [-0.15, -0.1) is 11.3 Å². The van der Waals surface area contributed by atoms with E-state index in [0.29, 0.717) is 0 Å². The summed E-state index contributed by atoms with van der Waals surface area (Å²) >= 11 is 7.42. The minimum atomic E-state index is -0.242. The van der Waals surface area contributed by atoms with Crippen molar-refractivity contribution >= 4 is 28.8 Å². The van der Waals surface area contributed by atoms with Gasteiger partial charge in [0.1, 0.15) is 0 Å². The van der Waals surface area contributed by atoms with E-state index < -0.39 is 0 Å². The summed E-state index contributed by atoms with van der Waals surface area (Å²) < 4.78 is 0.725. The molecule has 2 aromatic rings. The molecule has 20 heavy (non-hydrogen) atoms. The topological polar surface area (TPSA) is 55.1 Å². The average molecular weight is 307 g/mol. The van der Waals surface area contributed by atoms with Gasteiger partial charge in [0.25, 0.3) is 5.91 Å². The lowest BCUT2D eigenvalue weighted by molar-refractivity contribution is 0.0956. The second-order valence-electron chi connectivity index (χ2n) is 4.90. The molecule has 3 rings (SSSR count). The number of carbonyl (C=O) groups is 1. The summed E-state index contributed by atoms with van der Waals surface area (Å²) in [4.78, 5) is 13.1. The van der Waals surface area contributed by atoms with Crippen molar-refractivity contribution in [2.24, 2.45) is 5.73 Å². The fourth-order valence-corrected chi connectivity index (χ4v) is 3.54. The lowest BCUT2D eigenvalue weighted by atomic mass is 9.97. The van der Waals surface area contributed by atoms with E-state index in [4.69, 9.17) is 17.3 Å². The highest BCUT2D eigenvalue weighted by Gasteiger charge is 2.18. The molecule has 0 saturated heterocycles. The number of halogens is 1. The van der Waals surface area contributed by atoms with E-state index in [-0.39, 0.29) is 11.9 Å². The van der Waals surface area contributed by atoms with Gasteiger partial charge in [-0.05, 0) is 42.2 Å². The van der Waals surface area contributed by atoms with Gasteiger partial charge in [0.15, 0.2) is 0 Å². The normalized spacial score (nSPS) is 16.2. The first-order valence-electron chi connectivity index (χ1n) is 6.57. The number of hydrogen-bond acceptors (Lipinski definition) is 3. The van der Waals surface area contributed by atoms with E-state index in [9.17, 15) is 4.79 Å².